The molecule has 1 saturated heterocycles. The lowest BCUT2D eigenvalue weighted by molar-refractivity contribution is -0.181. The summed E-state index contributed by atoms with van der Waals surface area (Å²) in [5.41, 5.74) is -0.0798. The van der Waals surface area contributed by atoms with E-state index in [2.05, 4.69) is 9.88 Å². The van der Waals surface area contributed by atoms with Gasteiger partial charge in [0, 0.05) is 51.2 Å². The summed E-state index contributed by atoms with van der Waals surface area (Å²) in [5, 5.41) is 9.95. The molecular formula is C20H23N3O4. The number of anilines is 1. The summed E-state index contributed by atoms with van der Waals surface area (Å²) in [5.74, 6) is -1.48. The van der Waals surface area contributed by atoms with Gasteiger partial charge in [-0.2, -0.15) is 0 Å². The standard InChI is InChI=1S/C20H23N3O4/c1-15-4-3-5-18(14-15)27-20(16(2)24,19(25)26)23-12-10-22(11-13-23)17-6-8-21-9-7-17/h3-9,14H,10-13H2,1-2H3,(H,25,26). The van der Waals surface area contributed by atoms with Gasteiger partial charge in [0.15, 0.2) is 0 Å². The summed E-state index contributed by atoms with van der Waals surface area (Å²) >= 11 is 0. The largest absolute Gasteiger partial charge is 0.477 e. The number of aryl methyl sites for hydroxylation is 1. The summed E-state index contributed by atoms with van der Waals surface area (Å²) in [6.07, 6.45) is 3.44. The van der Waals surface area contributed by atoms with Gasteiger partial charge >= 0.3 is 11.7 Å². The van der Waals surface area contributed by atoms with E-state index in [1.54, 1.807) is 35.5 Å². The molecule has 3 rings (SSSR count). The molecule has 0 spiro atoms. The Balaban J connectivity index is 1.84. The summed E-state index contributed by atoms with van der Waals surface area (Å²) in [6, 6.07) is 10.9. The second-order valence-corrected chi connectivity index (χ2v) is 6.60. The van der Waals surface area contributed by atoms with Gasteiger partial charge in [-0.1, -0.05) is 12.1 Å². The van der Waals surface area contributed by atoms with Crippen LogP contribution in [0.3, 0.4) is 0 Å². The fourth-order valence-corrected chi connectivity index (χ4v) is 3.37. The number of ether oxygens (including phenoxy) is 1. The van der Waals surface area contributed by atoms with Crippen LogP contribution < -0.4 is 9.64 Å². The summed E-state index contributed by atoms with van der Waals surface area (Å²) in [6.45, 7) is 5.10. The van der Waals surface area contributed by atoms with Gasteiger partial charge in [0.05, 0.1) is 0 Å². The molecule has 0 saturated carbocycles. The van der Waals surface area contributed by atoms with Gasteiger partial charge in [-0.3, -0.25) is 9.78 Å². The Hall–Kier alpha value is -2.93. The predicted molar refractivity (Wildman–Crippen MR) is 101 cm³/mol. The highest BCUT2D eigenvalue weighted by Gasteiger charge is 2.52. The van der Waals surface area contributed by atoms with Crippen LogP contribution in [-0.2, 0) is 9.59 Å². The minimum absolute atomic E-state index is 0.365. The number of carboxylic acids is 1. The van der Waals surface area contributed by atoms with Crippen LogP contribution in [0.1, 0.15) is 12.5 Å². The van der Waals surface area contributed by atoms with E-state index in [1.165, 1.54) is 6.92 Å². The molecule has 1 unspecified atom stereocenters. The van der Waals surface area contributed by atoms with Crippen molar-refractivity contribution in [2.24, 2.45) is 0 Å². The zero-order chi connectivity index (χ0) is 19.4. The number of Topliss-reactive ketones (excluding diaryl/α,β-unsaturated/α-hetero) is 1. The predicted octanol–water partition coefficient (Wildman–Crippen LogP) is 1.96. The zero-order valence-electron chi connectivity index (χ0n) is 15.5. The highest BCUT2D eigenvalue weighted by Crippen LogP contribution is 2.27. The maximum absolute atomic E-state index is 12.5. The molecule has 7 nitrogen and oxygen atoms in total. The van der Waals surface area contributed by atoms with Crippen molar-refractivity contribution < 1.29 is 19.4 Å². The van der Waals surface area contributed by atoms with Crippen LogP contribution in [0.5, 0.6) is 5.75 Å². The first kappa shape index (κ1) is 18.8. The van der Waals surface area contributed by atoms with Crippen molar-refractivity contribution in [3.05, 3.63) is 54.4 Å². The first-order chi connectivity index (χ1) is 12.9. The summed E-state index contributed by atoms with van der Waals surface area (Å²) in [4.78, 5) is 32.4. The molecule has 0 aliphatic carbocycles. The first-order valence-corrected chi connectivity index (χ1v) is 8.83. The lowest BCUT2D eigenvalue weighted by Gasteiger charge is -2.43. The molecular weight excluding hydrogens is 346 g/mol. The molecule has 0 bridgehead atoms. The van der Waals surface area contributed by atoms with Crippen LogP contribution in [0.15, 0.2) is 48.8 Å². The van der Waals surface area contributed by atoms with Crippen molar-refractivity contribution in [2.45, 2.75) is 19.6 Å². The molecule has 1 aliphatic rings. The number of ketones is 1. The fourth-order valence-electron chi connectivity index (χ4n) is 3.37. The summed E-state index contributed by atoms with van der Waals surface area (Å²) < 4.78 is 5.83. The van der Waals surface area contributed by atoms with Crippen LogP contribution in [0.25, 0.3) is 0 Å². The van der Waals surface area contributed by atoms with E-state index in [0.29, 0.717) is 31.9 Å². The van der Waals surface area contributed by atoms with Crippen molar-refractivity contribution in [3.8, 4) is 5.75 Å². The maximum Gasteiger partial charge on any atom is 0.372 e. The first-order valence-electron chi connectivity index (χ1n) is 8.83. The average Bonchev–Trinajstić information content (AvgIpc) is 2.66. The zero-order valence-corrected chi connectivity index (χ0v) is 15.5. The third kappa shape index (κ3) is 3.78. The maximum atomic E-state index is 12.5. The second-order valence-electron chi connectivity index (χ2n) is 6.60. The van der Waals surface area contributed by atoms with E-state index < -0.39 is 17.5 Å². The highest BCUT2D eigenvalue weighted by atomic mass is 16.6. The van der Waals surface area contributed by atoms with Gasteiger partial charge in [0.1, 0.15) is 5.75 Å². The number of piperazine rings is 1. The second kappa shape index (κ2) is 7.75. The number of aromatic nitrogens is 1. The number of rotatable bonds is 6. The van der Waals surface area contributed by atoms with E-state index in [-0.39, 0.29) is 0 Å². The molecule has 2 aromatic rings. The third-order valence-corrected chi connectivity index (χ3v) is 4.78. The minimum atomic E-state index is -2.03. The number of nitrogens with zero attached hydrogens (tertiary/aromatic N) is 3. The van der Waals surface area contributed by atoms with E-state index in [9.17, 15) is 14.7 Å². The molecule has 1 aliphatic heterocycles. The molecule has 2 heterocycles. The van der Waals surface area contributed by atoms with Crippen LogP contribution in [0, 0.1) is 6.92 Å². The summed E-state index contributed by atoms with van der Waals surface area (Å²) in [7, 11) is 0. The van der Waals surface area contributed by atoms with Crippen molar-refractivity contribution >= 4 is 17.4 Å². The Bertz CT molecular complexity index is 803. The van der Waals surface area contributed by atoms with Crippen molar-refractivity contribution in [2.75, 3.05) is 31.1 Å². The molecule has 1 fully saturated rings. The Morgan fingerprint density at radius 1 is 1.11 bits per heavy atom. The van der Waals surface area contributed by atoms with Crippen LogP contribution in [0.4, 0.5) is 5.69 Å². The van der Waals surface area contributed by atoms with Gasteiger partial charge < -0.3 is 14.7 Å². The molecule has 0 amide bonds. The Labute approximate surface area is 158 Å². The Morgan fingerprint density at radius 2 is 1.78 bits per heavy atom. The van der Waals surface area contributed by atoms with Crippen molar-refractivity contribution in [1.29, 1.82) is 0 Å². The van der Waals surface area contributed by atoms with Gasteiger partial charge in [0.2, 0.25) is 5.78 Å². The van der Waals surface area contributed by atoms with E-state index in [4.69, 9.17) is 4.74 Å². The highest BCUT2D eigenvalue weighted by molar-refractivity contribution is 6.05. The number of hydrogen-bond donors (Lipinski definition) is 1. The number of benzene rings is 1. The molecule has 142 valence electrons. The number of carbonyl (C=O) groups excluding carboxylic acids is 1. The molecule has 0 radical (unpaired) electrons. The smallest absolute Gasteiger partial charge is 0.372 e. The molecule has 1 N–H and O–H groups in total. The lowest BCUT2D eigenvalue weighted by atomic mass is 10.1. The van der Waals surface area contributed by atoms with Crippen LogP contribution in [0.2, 0.25) is 0 Å². The number of aliphatic carboxylic acids is 1. The minimum Gasteiger partial charge on any atom is -0.477 e. The van der Waals surface area contributed by atoms with Gasteiger partial charge in [-0.05, 0) is 36.8 Å². The van der Waals surface area contributed by atoms with Gasteiger partial charge in [0.25, 0.3) is 0 Å². The topological polar surface area (TPSA) is 83.0 Å². The molecule has 7 heteroatoms. The average molecular weight is 369 g/mol. The molecule has 27 heavy (non-hydrogen) atoms. The van der Waals surface area contributed by atoms with Crippen molar-refractivity contribution in [3.63, 3.8) is 0 Å². The third-order valence-electron chi connectivity index (χ3n) is 4.78. The van der Waals surface area contributed by atoms with E-state index in [0.717, 1.165) is 11.3 Å². The Kier molecular flexibility index (Phi) is 5.41. The molecule has 1 aromatic carbocycles. The molecule has 1 atom stereocenters. The number of pyridine rings is 1. The van der Waals surface area contributed by atoms with Gasteiger partial charge in [-0.25, -0.2) is 9.69 Å². The number of hydrogen-bond acceptors (Lipinski definition) is 6. The SMILES string of the molecule is CC(=O)C(Oc1cccc(C)c1)(C(=O)O)N1CCN(c2ccncc2)CC1. The van der Waals surface area contributed by atoms with E-state index >= 15 is 0 Å². The lowest BCUT2D eigenvalue weighted by Crippen LogP contribution is -2.67. The molecule has 1 aromatic heterocycles. The number of carboxylic acid groups (broad SMARTS) is 1. The van der Waals surface area contributed by atoms with Crippen LogP contribution >= 0.6 is 0 Å². The van der Waals surface area contributed by atoms with Crippen LogP contribution in [-0.4, -0.2) is 58.6 Å². The monoisotopic (exact) mass is 369 g/mol. The number of carbonyl (C=O) groups is 2. The normalized spacial score (nSPS) is 17.2. The van der Waals surface area contributed by atoms with Crippen molar-refractivity contribution in [1.82, 2.24) is 9.88 Å². The van der Waals surface area contributed by atoms with E-state index in [1.807, 2.05) is 25.1 Å². The Morgan fingerprint density at radius 3 is 2.33 bits per heavy atom. The quantitative estimate of drug-likeness (QED) is 0.780. The van der Waals surface area contributed by atoms with Gasteiger partial charge in [-0.15, -0.1) is 0 Å². The fraction of sp³-hybridized carbons (Fsp3) is 0.350.